The molecule has 0 heterocycles. The fourth-order valence-corrected chi connectivity index (χ4v) is 2.64. The van der Waals surface area contributed by atoms with Crippen molar-refractivity contribution in [1.82, 2.24) is 5.32 Å². The standard InChI is InChI=1S/C15H13BrIN3O2/c1-18-15(22)20-11-5-3-10(4-6-11)19-14(21)12-8-9(16)2-7-13(12)17/h2-8H,1H3,(H,19,21)(H2,18,20,22). The molecule has 114 valence electrons. The zero-order valence-corrected chi connectivity index (χ0v) is 15.4. The lowest BCUT2D eigenvalue weighted by Gasteiger charge is -2.09. The van der Waals surface area contributed by atoms with E-state index >= 15 is 0 Å². The van der Waals surface area contributed by atoms with Gasteiger partial charge in [0.15, 0.2) is 0 Å². The first-order valence-corrected chi connectivity index (χ1v) is 8.22. The molecule has 3 amide bonds. The van der Waals surface area contributed by atoms with Crippen LogP contribution in [-0.4, -0.2) is 19.0 Å². The summed E-state index contributed by atoms with van der Waals surface area (Å²) in [4.78, 5) is 23.5. The summed E-state index contributed by atoms with van der Waals surface area (Å²) in [6.07, 6.45) is 0. The van der Waals surface area contributed by atoms with Crippen molar-refractivity contribution in [3.05, 3.63) is 56.1 Å². The zero-order valence-electron chi connectivity index (χ0n) is 11.6. The van der Waals surface area contributed by atoms with E-state index in [2.05, 4.69) is 54.5 Å². The lowest BCUT2D eigenvalue weighted by Crippen LogP contribution is -2.24. The molecular weight excluding hydrogens is 461 g/mol. The van der Waals surface area contributed by atoms with Gasteiger partial charge in [0.25, 0.3) is 5.91 Å². The number of nitrogens with one attached hydrogen (secondary N) is 3. The Labute approximate surface area is 150 Å². The Bertz CT molecular complexity index is 704. The third kappa shape index (κ3) is 4.44. The summed E-state index contributed by atoms with van der Waals surface area (Å²) in [5.41, 5.74) is 1.90. The highest BCUT2D eigenvalue weighted by Crippen LogP contribution is 2.20. The number of hydrogen-bond donors (Lipinski definition) is 3. The first-order chi connectivity index (χ1) is 10.5. The van der Waals surface area contributed by atoms with E-state index in [0.29, 0.717) is 16.9 Å². The van der Waals surface area contributed by atoms with Gasteiger partial charge in [-0.15, -0.1) is 0 Å². The molecular formula is C15H13BrIN3O2. The van der Waals surface area contributed by atoms with Crippen LogP contribution in [0.3, 0.4) is 0 Å². The highest BCUT2D eigenvalue weighted by atomic mass is 127. The summed E-state index contributed by atoms with van der Waals surface area (Å²) in [6.45, 7) is 0. The van der Waals surface area contributed by atoms with E-state index in [-0.39, 0.29) is 11.9 Å². The molecule has 22 heavy (non-hydrogen) atoms. The van der Waals surface area contributed by atoms with E-state index in [9.17, 15) is 9.59 Å². The Morgan fingerprint density at radius 2 is 1.59 bits per heavy atom. The van der Waals surface area contributed by atoms with Crippen LogP contribution >= 0.6 is 38.5 Å². The normalized spacial score (nSPS) is 9.95. The van der Waals surface area contributed by atoms with Crippen LogP contribution in [0.4, 0.5) is 16.2 Å². The van der Waals surface area contributed by atoms with Crippen LogP contribution in [0.5, 0.6) is 0 Å². The molecule has 0 fully saturated rings. The van der Waals surface area contributed by atoms with E-state index in [1.54, 1.807) is 37.4 Å². The van der Waals surface area contributed by atoms with Crippen molar-refractivity contribution in [3.63, 3.8) is 0 Å². The number of amides is 3. The number of benzene rings is 2. The van der Waals surface area contributed by atoms with Gasteiger partial charge in [-0.25, -0.2) is 4.79 Å². The third-order valence-corrected chi connectivity index (χ3v) is 4.23. The van der Waals surface area contributed by atoms with Gasteiger partial charge in [-0.05, 0) is 65.1 Å². The molecule has 0 spiro atoms. The topological polar surface area (TPSA) is 70.2 Å². The second-order valence-corrected chi connectivity index (χ2v) is 6.44. The van der Waals surface area contributed by atoms with Gasteiger partial charge in [0.05, 0.1) is 5.56 Å². The molecule has 0 aliphatic rings. The first kappa shape index (κ1) is 16.8. The maximum absolute atomic E-state index is 12.3. The molecule has 0 aliphatic heterocycles. The SMILES string of the molecule is CNC(=O)Nc1ccc(NC(=O)c2cc(Br)ccc2I)cc1. The number of halogens is 2. The number of urea groups is 1. The Morgan fingerprint density at radius 1 is 1.00 bits per heavy atom. The van der Waals surface area contributed by atoms with Gasteiger partial charge >= 0.3 is 6.03 Å². The summed E-state index contributed by atoms with van der Waals surface area (Å²) < 4.78 is 1.72. The number of carbonyl (C=O) groups excluding carboxylic acids is 2. The Kier molecular flexibility index (Phi) is 5.78. The molecule has 2 aromatic rings. The van der Waals surface area contributed by atoms with E-state index in [1.807, 2.05) is 12.1 Å². The van der Waals surface area contributed by atoms with E-state index in [1.165, 1.54) is 0 Å². The monoisotopic (exact) mass is 473 g/mol. The Hall–Kier alpha value is -1.61. The molecule has 5 nitrogen and oxygen atoms in total. The number of carbonyl (C=O) groups is 2. The van der Waals surface area contributed by atoms with Crippen LogP contribution in [0.1, 0.15) is 10.4 Å². The maximum atomic E-state index is 12.3. The molecule has 7 heteroatoms. The smallest absolute Gasteiger partial charge is 0.318 e. The Balaban J connectivity index is 2.08. The molecule has 0 radical (unpaired) electrons. The highest BCUT2D eigenvalue weighted by molar-refractivity contribution is 14.1. The van der Waals surface area contributed by atoms with Gasteiger partial charge in [-0.3, -0.25) is 4.79 Å². The minimum Gasteiger partial charge on any atom is -0.341 e. The first-order valence-electron chi connectivity index (χ1n) is 6.35. The number of rotatable bonds is 3. The Morgan fingerprint density at radius 3 is 2.18 bits per heavy atom. The minimum absolute atomic E-state index is 0.183. The van der Waals surface area contributed by atoms with Gasteiger partial charge in [-0.1, -0.05) is 15.9 Å². The molecule has 0 saturated carbocycles. The average Bonchev–Trinajstić information content (AvgIpc) is 2.51. The van der Waals surface area contributed by atoms with Crippen molar-refractivity contribution >= 4 is 61.8 Å². The number of anilines is 2. The van der Waals surface area contributed by atoms with Crippen molar-refractivity contribution in [2.45, 2.75) is 0 Å². The zero-order chi connectivity index (χ0) is 16.1. The lowest BCUT2D eigenvalue weighted by atomic mass is 10.2. The fourth-order valence-electron chi connectivity index (χ4n) is 1.70. The lowest BCUT2D eigenvalue weighted by molar-refractivity contribution is 0.102. The van der Waals surface area contributed by atoms with Crippen molar-refractivity contribution < 1.29 is 9.59 Å². The van der Waals surface area contributed by atoms with Crippen molar-refractivity contribution in [2.75, 3.05) is 17.7 Å². The molecule has 3 N–H and O–H groups in total. The maximum Gasteiger partial charge on any atom is 0.318 e. The predicted octanol–water partition coefficient (Wildman–Crippen LogP) is 4.06. The average molecular weight is 474 g/mol. The van der Waals surface area contributed by atoms with Crippen LogP contribution in [0, 0.1) is 3.57 Å². The molecule has 0 bridgehead atoms. The van der Waals surface area contributed by atoms with Crippen LogP contribution in [0.15, 0.2) is 46.9 Å². The molecule has 2 rings (SSSR count). The molecule has 2 aromatic carbocycles. The van der Waals surface area contributed by atoms with Crippen LogP contribution < -0.4 is 16.0 Å². The fraction of sp³-hybridized carbons (Fsp3) is 0.0667. The van der Waals surface area contributed by atoms with Gasteiger partial charge in [0.1, 0.15) is 0 Å². The summed E-state index contributed by atoms with van der Waals surface area (Å²) in [5, 5.41) is 7.95. The van der Waals surface area contributed by atoms with Gasteiger partial charge in [0, 0.05) is 26.5 Å². The molecule has 0 aromatic heterocycles. The predicted molar refractivity (Wildman–Crippen MR) is 99.3 cm³/mol. The third-order valence-electron chi connectivity index (χ3n) is 2.80. The number of hydrogen-bond acceptors (Lipinski definition) is 2. The molecule has 0 unspecified atom stereocenters. The summed E-state index contributed by atoms with van der Waals surface area (Å²) in [7, 11) is 1.55. The van der Waals surface area contributed by atoms with Crippen LogP contribution in [0.2, 0.25) is 0 Å². The van der Waals surface area contributed by atoms with Crippen LogP contribution in [-0.2, 0) is 0 Å². The van der Waals surface area contributed by atoms with E-state index in [0.717, 1.165) is 8.04 Å². The highest BCUT2D eigenvalue weighted by Gasteiger charge is 2.11. The molecule has 0 atom stereocenters. The van der Waals surface area contributed by atoms with Gasteiger partial charge in [0.2, 0.25) is 0 Å². The van der Waals surface area contributed by atoms with Gasteiger partial charge < -0.3 is 16.0 Å². The summed E-state index contributed by atoms with van der Waals surface area (Å²) >= 11 is 5.48. The molecule has 0 saturated heterocycles. The summed E-state index contributed by atoms with van der Waals surface area (Å²) in [6, 6.07) is 12.1. The van der Waals surface area contributed by atoms with E-state index < -0.39 is 0 Å². The summed E-state index contributed by atoms with van der Waals surface area (Å²) in [5.74, 6) is -0.183. The van der Waals surface area contributed by atoms with Gasteiger partial charge in [-0.2, -0.15) is 0 Å². The van der Waals surface area contributed by atoms with Crippen LogP contribution in [0.25, 0.3) is 0 Å². The quantitative estimate of drug-likeness (QED) is 0.588. The second kappa shape index (κ2) is 7.59. The largest absolute Gasteiger partial charge is 0.341 e. The second-order valence-electron chi connectivity index (χ2n) is 4.36. The van der Waals surface area contributed by atoms with Crippen molar-refractivity contribution in [3.8, 4) is 0 Å². The van der Waals surface area contributed by atoms with Crippen molar-refractivity contribution in [2.24, 2.45) is 0 Å². The van der Waals surface area contributed by atoms with E-state index in [4.69, 9.17) is 0 Å². The molecule has 0 aliphatic carbocycles. The minimum atomic E-state index is -0.291. The van der Waals surface area contributed by atoms with Crippen molar-refractivity contribution in [1.29, 1.82) is 0 Å².